The van der Waals surface area contributed by atoms with E-state index in [1.54, 1.807) is 0 Å². The predicted octanol–water partition coefficient (Wildman–Crippen LogP) is -7.98. The quantitative estimate of drug-likeness (QED) is 0.331. The van der Waals surface area contributed by atoms with Crippen LogP contribution in [-0.2, 0) is 0 Å². The van der Waals surface area contributed by atoms with E-state index in [1.165, 1.54) is 0 Å². The topological polar surface area (TPSA) is 121 Å². The fourth-order valence-electron chi connectivity index (χ4n) is 0. The summed E-state index contributed by atoms with van der Waals surface area (Å²) in [4.78, 5) is 0. The van der Waals surface area contributed by atoms with Gasteiger partial charge in [0.25, 0.3) is 0 Å². The van der Waals surface area contributed by atoms with Crippen molar-refractivity contribution < 1.29 is 107 Å². The van der Waals surface area contributed by atoms with Crippen molar-refractivity contribution in [2.75, 3.05) is 0 Å². The molecule has 0 saturated heterocycles. The second kappa shape index (κ2) is 30.8. The van der Waals surface area contributed by atoms with Crippen LogP contribution in [0.3, 0.4) is 0 Å². The molecule has 0 radical (unpaired) electrons. The van der Waals surface area contributed by atoms with Crippen molar-refractivity contribution in [3.05, 3.63) is 0 Å². The average molecular weight is 194 g/mol. The van der Waals surface area contributed by atoms with Crippen LogP contribution in [0.5, 0.6) is 0 Å². The second-order valence-corrected chi connectivity index (χ2v) is 0.346. The van der Waals surface area contributed by atoms with E-state index in [1.807, 2.05) is 0 Å². The fraction of sp³-hybridized carbons (Fsp3) is 0. The van der Waals surface area contributed by atoms with Crippen molar-refractivity contribution in [1.29, 1.82) is 0 Å². The van der Waals surface area contributed by atoms with Gasteiger partial charge in [-0.1, -0.05) is 0 Å². The van der Waals surface area contributed by atoms with Gasteiger partial charge in [0.05, 0.1) is 0 Å². The fourth-order valence-corrected chi connectivity index (χ4v) is 0. The van der Waals surface area contributed by atoms with Gasteiger partial charge in [-0.15, -0.1) is 12.4 Å². The van der Waals surface area contributed by atoms with Crippen molar-refractivity contribution in [3.8, 4) is 0 Å². The molecule has 0 spiro atoms. The number of rotatable bonds is 0. The first kappa shape index (κ1) is 40.9. The number of hydrogen-bond donors (Lipinski definition) is 3. The van der Waals surface area contributed by atoms with Crippen LogP contribution in [-0.4, -0.2) is 33.3 Å². The Hall–Kier alpha value is 2.79. The molecule has 0 amide bonds. The molecule has 5 N–H and O–H groups in total. The van der Waals surface area contributed by atoms with Crippen LogP contribution in [0.25, 0.3) is 0 Å². The molecule has 9 heteroatoms. The molecular weight excluding hydrogens is 188 g/mol. The summed E-state index contributed by atoms with van der Waals surface area (Å²) in [7, 11) is -2.17. The summed E-state index contributed by atoms with van der Waals surface area (Å²) in [6.07, 6.45) is 0. The van der Waals surface area contributed by atoms with Crippen LogP contribution < -0.4 is 80.9 Å². The van der Waals surface area contributed by atoms with E-state index in [2.05, 4.69) is 0 Å². The monoisotopic (exact) mass is 194 g/mol. The molecule has 0 fully saturated rings. The van der Waals surface area contributed by atoms with E-state index in [-0.39, 0.29) is 104 Å². The molecule has 0 saturated carbocycles. The van der Waals surface area contributed by atoms with Gasteiger partial charge < -0.3 is 26.0 Å². The van der Waals surface area contributed by atoms with E-state index in [4.69, 9.17) is 15.1 Å². The smallest absolute Gasteiger partial charge is 0.870 e. The molecule has 0 rings (SSSR count). The van der Waals surface area contributed by atoms with Gasteiger partial charge in [0.2, 0.25) is 0 Å². The molecule has 0 aromatic heterocycles. The van der Waals surface area contributed by atoms with Crippen LogP contribution in [0, 0.1) is 0 Å². The zero-order chi connectivity index (χ0) is 3.58. The molecule has 0 aliphatic rings. The van der Waals surface area contributed by atoms with Crippen molar-refractivity contribution in [2.45, 2.75) is 0 Å². The molecule has 0 bridgehead atoms. The maximum atomic E-state index is 7.17. The summed E-state index contributed by atoms with van der Waals surface area (Å²) in [5.74, 6) is 0. The van der Waals surface area contributed by atoms with Crippen molar-refractivity contribution in [1.82, 2.24) is 0 Å². The van der Waals surface area contributed by atoms with Crippen molar-refractivity contribution >= 4 is 19.7 Å². The Balaban J connectivity index is -0.00000000450. The molecule has 48 valence electrons. The maximum absolute atomic E-state index is 7.17. The standard InChI is InChI=1S/BH3O3.ClH.K.Na.2H2O/c2-1(3)4;;;;;/h2-4H;1H;;;2*1H2/q;;2*+1;;/p-2. The third-order valence-electron chi connectivity index (χ3n) is 0. The molecule has 0 unspecified atom stereocenters. The first-order chi connectivity index (χ1) is 1.73. The third-order valence-corrected chi connectivity index (χ3v) is 0. The van der Waals surface area contributed by atoms with E-state index in [0.29, 0.717) is 0 Å². The van der Waals surface area contributed by atoms with Gasteiger partial charge in [0.1, 0.15) is 0 Å². The molecule has 0 aliphatic heterocycles. The molecule has 0 heterocycles. The van der Waals surface area contributed by atoms with Crippen molar-refractivity contribution in [3.63, 3.8) is 0 Å². The zero-order valence-electron chi connectivity index (χ0n) is 5.22. The van der Waals surface area contributed by atoms with Crippen LogP contribution in [0.1, 0.15) is 0 Å². The van der Waals surface area contributed by atoms with Gasteiger partial charge in [0.15, 0.2) is 0 Å². The second-order valence-electron chi connectivity index (χ2n) is 0.346. The van der Waals surface area contributed by atoms with E-state index in [0.717, 1.165) is 0 Å². The van der Waals surface area contributed by atoms with E-state index < -0.39 is 7.32 Å². The summed E-state index contributed by atoms with van der Waals surface area (Å²) >= 11 is 0. The van der Waals surface area contributed by atoms with Gasteiger partial charge in [-0.3, -0.25) is 0 Å². The average Bonchev–Trinajstić information content (AvgIpc) is 0.811. The van der Waals surface area contributed by atoms with Gasteiger partial charge >= 0.3 is 88.3 Å². The minimum absolute atomic E-state index is 0. The Morgan fingerprint density at radius 3 is 0.889 bits per heavy atom. The van der Waals surface area contributed by atoms with Crippen LogP contribution in [0.4, 0.5) is 0 Å². The number of halogens is 1. The molecule has 0 aromatic carbocycles. The molecular formula is H6BClKNaO5. The summed E-state index contributed by atoms with van der Waals surface area (Å²) in [6.45, 7) is 0. The summed E-state index contributed by atoms with van der Waals surface area (Å²) in [6, 6.07) is 0. The van der Waals surface area contributed by atoms with Crippen molar-refractivity contribution in [2.24, 2.45) is 0 Å². The molecule has 0 aliphatic carbocycles. The minimum Gasteiger partial charge on any atom is -0.870 e. The van der Waals surface area contributed by atoms with Gasteiger partial charge in [0, 0.05) is 0 Å². The third kappa shape index (κ3) is 107. The molecule has 0 aromatic rings. The molecule has 9 heavy (non-hydrogen) atoms. The minimum atomic E-state index is -2.17. The summed E-state index contributed by atoms with van der Waals surface area (Å²) in [5, 5.41) is 21.5. The zero-order valence-corrected chi connectivity index (χ0v) is 11.2. The van der Waals surface area contributed by atoms with Gasteiger partial charge in [-0.2, -0.15) is 0 Å². The predicted molar refractivity (Wildman–Crippen MR) is 23.5 cm³/mol. The Bertz CT molecular complexity index is 21.7. The van der Waals surface area contributed by atoms with Crippen LogP contribution in [0.15, 0.2) is 0 Å². The molecule has 0 atom stereocenters. The Morgan fingerprint density at radius 2 is 0.889 bits per heavy atom. The SMILES string of the molecule is Cl.OB(O)O.[K+].[Na+].[OH-].[OH-]. The Morgan fingerprint density at radius 1 is 0.889 bits per heavy atom. The van der Waals surface area contributed by atoms with Gasteiger partial charge in [-0.05, 0) is 0 Å². The molecule has 5 nitrogen and oxygen atoms in total. The largest absolute Gasteiger partial charge is 1.00 e. The number of hydrogen-bond acceptors (Lipinski definition) is 5. The normalized spacial score (nSPS) is 3.00. The first-order valence-electron chi connectivity index (χ1n) is 0.775. The summed E-state index contributed by atoms with van der Waals surface area (Å²) < 4.78 is 0. The maximum Gasteiger partial charge on any atom is 1.00 e. The first-order valence-corrected chi connectivity index (χ1v) is 0.775. The van der Waals surface area contributed by atoms with E-state index in [9.17, 15) is 0 Å². The van der Waals surface area contributed by atoms with Crippen LogP contribution >= 0.6 is 12.4 Å². The van der Waals surface area contributed by atoms with E-state index >= 15 is 0 Å². The van der Waals surface area contributed by atoms with Gasteiger partial charge in [-0.25, -0.2) is 0 Å². The Labute approximate surface area is 124 Å². The Kier molecular flexibility index (Phi) is 140. The summed E-state index contributed by atoms with van der Waals surface area (Å²) in [5.41, 5.74) is 0. The van der Waals surface area contributed by atoms with Crippen LogP contribution in [0.2, 0.25) is 0 Å².